The zero-order valence-corrected chi connectivity index (χ0v) is 11.4. The van der Waals surface area contributed by atoms with E-state index in [1.807, 2.05) is 12.1 Å². The SMILES string of the molecule is O=C1COc2cc(OC3CCOC4(CCC4)C3)ccc21. The summed E-state index contributed by atoms with van der Waals surface area (Å²) in [5.74, 6) is 1.49. The smallest absolute Gasteiger partial charge is 0.203 e. The Hall–Kier alpha value is -1.55. The summed E-state index contributed by atoms with van der Waals surface area (Å²) in [4.78, 5) is 11.5. The maximum absolute atomic E-state index is 11.5. The summed E-state index contributed by atoms with van der Waals surface area (Å²) >= 11 is 0. The first kappa shape index (κ1) is 12.2. The quantitative estimate of drug-likeness (QED) is 0.832. The second kappa shape index (κ2) is 4.48. The Balaban J connectivity index is 1.47. The molecule has 1 aromatic carbocycles. The molecule has 1 spiro atoms. The number of carbonyl (C=O) groups excluding carboxylic acids is 1. The Morgan fingerprint density at radius 2 is 2.20 bits per heavy atom. The lowest BCUT2D eigenvalue weighted by Gasteiger charge is -2.46. The van der Waals surface area contributed by atoms with Crippen molar-refractivity contribution in [2.24, 2.45) is 0 Å². The average Bonchev–Trinajstić information content (AvgIpc) is 2.79. The summed E-state index contributed by atoms with van der Waals surface area (Å²) in [6.45, 7) is 0.934. The molecule has 4 heteroatoms. The van der Waals surface area contributed by atoms with Gasteiger partial charge in [0.1, 0.15) is 17.6 Å². The van der Waals surface area contributed by atoms with Gasteiger partial charge < -0.3 is 14.2 Å². The first-order chi connectivity index (χ1) is 9.74. The molecule has 0 aromatic heterocycles. The van der Waals surface area contributed by atoms with Gasteiger partial charge in [0, 0.05) is 18.9 Å². The van der Waals surface area contributed by atoms with Crippen molar-refractivity contribution in [3.63, 3.8) is 0 Å². The van der Waals surface area contributed by atoms with Crippen LogP contribution in [0.4, 0.5) is 0 Å². The number of rotatable bonds is 2. The molecule has 2 fully saturated rings. The van der Waals surface area contributed by atoms with Crippen LogP contribution in [0.25, 0.3) is 0 Å². The lowest BCUT2D eigenvalue weighted by atomic mass is 9.74. The molecule has 1 unspecified atom stereocenters. The van der Waals surface area contributed by atoms with E-state index in [0.717, 1.165) is 38.0 Å². The second-order valence-electron chi connectivity index (χ2n) is 5.99. The van der Waals surface area contributed by atoms with Gasteiger partial charge in [0.2, 0.25) is 5.78 Å². The molecule has 1 aromatic rings. The summed E-state index contributed by atoms with van der Waals surface area (Å²) in [6, 6.07) is 5.51. The Bertz CT molecular complexity index is 547. The summed E-state index contributed by atoms with van der Waals surface area (Å²) in [5, 5.41) is 0. The predicted molar refractivity (Wildman–Crippen MR) is 72.5 cm³/mol. The van der Waals surface area contributed by atoms with Crippen LogP contribution in [0.3, 0.4) is 0 Å². The lowest BCUT2D eigenvalue weighted by molar-refractivity contribution is -0.153. The number of carbonyl (C=O) groups is 1. The molecule has 1 atom stereocenters. The van der Waals surface area contributed by atoms with Crippen molar-refractivity contribution in [3.8, 4) is 11.5 Å². The van der Waals surface area contributed by atoms with Crippen molar-refractivity contribution >= 4 is 5.78 Å². The van der Waals surface area contributed by atoms with Gasteiger partial charge in [-0.3, -0.25) is 4.79 Å². The highest BCUT2D eigenvalue weighted by Gasteiger charge is 2.43. The molecule has 4 nitrogen and oxygen atoms in total. The third kappa shape index (κ3) is 1.99. The standard InChI is InChI=1S/C16H18O4/c17-14-10-18-15-8-11(2-3-13(14)15)20-12-4-7-19-16(9-12)5-1-6-16/h2-3,8,12H,1,4-7,9-10H2. The molecule has 1 saturated heterocycles. The van der Waals surface area contributed by atoms with E-state index in [1.165, 1.54) is 6.42 Å². The third-order valence-electron chi connectivity index (χ3n) is 4.63. The van der Waals surface area contributed by atoms with Gasteiger partial charge in [0.15, 0.2) is 6.61 Å². The van der Waals surface area contributed by atoms with Crippen LogP contribution in [-0.2, 0) is 4.74 Å². The van der Waals surface area contributed by atoms with Gasteiger partial charge >= 0.3 is 0 Å². The van der Waals surface area contributed by atoms with Crippen molar-refractivity contribution in [3.05, 3.63) is 23.8 Å². The highest BCUT2D eigenvalue weighted by atomic mass is 16.5. The molecule has 0 N–H and O–H groups in total. The molecule has 106 valence electrons. The molecule has 0 radical (unpaired) electrons. The molecular formula is C16H18O4. The molecule has 20 heavy (non-hydrogen) atoms. The minimum absolute atomic E-state index is 0.0473. The van der Waals surface area contributed by atoms with E-state index in [2.05, 4.69) is 0 Å². The van der Waals surface area contributed by atoms with Crippen LogP contribution in [0.15, 0.2) is 18.2 Å². The Morgan fingerprint density at radius 3 is 3.00 bits per heavy atom. The summed E-state index contributed by atoms with van der Waals surface area (Å²) in [5.41, 5.74) is 0.756. The van der Waals surface area contributed by atoms with Crippen LogP contribution in [-0.4, -0.2) is 30.7 Å². The van der Waals surface area contributed by atoms with E-state index < -0.39 is 0 Å². The number of ketones is 1. The molecule has 4 rings (SSSR count). The van der Waals surface area contributed by atoms with Crippen LogP contribution in [0.1, 0.15) is 42.5 Å². The number of Topliss-reactive ketones (excluding diaryl/α,β-unsaturated/α-hetero) is 1. The van der Waals surface area contributed by atoms with Gasteiger partial charge in [-0.25, -0.2) is 0 Å². The van der Waals surface area contributed by atoms with Crippen LogP contribution < -0.4 is 9.47 Å². The Morgan fingerprint density at radius 1 is 1.30 bits per heavy atom. The number of fused-ring (bicyclic) bond motifs is 1. The zero-order valence-electron chi connectivity index (χ0n) is 11.4. The van der Waals surface area contributed by atoms with E-state index in [0.29, 0.717) is 11.3 Å². The lowest BCUT2D eigenvalue weighted by Crippen LogP contribution is -2.48. The van der Waals surface area contributed by atoms with E-state index >= 15 is 0 Å². The predicted octanol–water partition coefficient (Wildman–Crippen LogP) is 2.74. The zero-order chi connectivity index (χ0) is 13.6. The van der Waals surface area contributed by atoms with E-state index in [9.17, 15) is 4.79 Å². The maximum Gasteiger partial charge on any atom is 0.203 e. The molecule has 2 heterocycles. The average molecular weight is 274 g/mol. The number of benzene rings is 1. The molecule has 3 aliphatic rings. The maximum atomic E-state index is 11.5. The molecular weight excluding hydrogens is 256 g/mol. The van der Waals surface area contributed by atoms with Gasteiger partial charge in [0.25, 0.3) is 0 Å². The fraction of sp³-hybridized carbons (Fsp3) is 0.562. The van der Waals surface area contributed by atoms with Crippen molar-refractivity contribution < 1.29 is 19.0 Å². The van der Waals surface area contributed by atoms with Crippen LogP contribution in [0.5, 0.6) is 11.5 Å². The fourth-order valence-corrected chi connectivity index (χ4v) is 3.34. The second-order valence-corrected chi connectivity index (χ2v) is 5.99. The molecule has 1 aliphatic carbocycles. The van der Waals surface area contributed by atoms with Gasteiger partial charge in [-0.2, -0.15) is 0 Å². The first-order valence-electron chi connectivity index (χ1n) is 7.35. The monoisotopic (exact) mass is 274 g/mol. The van der Waals surface area contributed by atoms with Crippen molar-refractivity contribution in [2.45, 2.75) is 43.8 Å². The minimum atomic E-state index is 0.0473. The molecule has 0 bridgehead atoms. The van der Waals surface area contributed by atoms with Crippen molar-refractivity contribution in [2.75, 3.05) is 13.2 Å². The van der Waals surface area contributed by atoms with Crippen LogP contribution in [0, 0.1) is 0 Å². The molecule has 2 aliphatic heterocycles. The topological polar surface area (TPSA) is 44.8 Å². The first-order valence-corrected chi connectivity index (χ1v) is 7.35. The number of hydrogen-bond acceptors (Lipinski definition) is 4. The van der Waals surface area contributed by atoms with E-state index in [-0.39, 0.29) is 24.1 Å². The summed E-state index contributed by atoms with van der Waals surface area (Å²) in [6.07, 6.45) is 5.70. The molecule has 0 amide bonds. The van der Waals surface area contributed by atoms with Crippen molar-refractivity contribution in [1.82, 2.24) is 0 Å². The Kier molecular flexibility index (Phi) is 2.74. The summed E-state index contributed by atoms with van der Waals surface area (Å²) in [7, 11) is 0. The minimum Gasteiger partial charge on any atom is -0.490 e. The van der Waals surface area contributed by atoms with E-state index in [1.54, 1.807) is 6.07 Å². The van der Waals surface area contributed by atoms with Gasteiger partial charge in [-0.05, 0) is 31.4 Å². The van der Waals surface area contributed by atoms with Gasteiger partial charge in [-0.15, -0.1) is 0 Å². The van der Waals surface area contributed by atoms with Crippen LogP contribution in [0.2, 0.25) is 0 Å². The fourth-order valence-electron chi connectivity index (χ4n) is 3.34. The molecule has 1 saturated carbocycles. The Labute approximate surface area is 118 Å². The van der Waals surface area contributed by atoms with Crippen molar-refractivity contribution in [1.29, 1.82) is 0 Å². The normalized spacial score (nSPS) is 26.8. The highest BCUT2D eigenvalue weighted by Crippen LogP contribution is 2.43. The van der Waals surface area contributed by atoms with Crippen LogP contribution >= 0.6 is 0 Å². The third-order valence-corrected chi connectivity index (χ3v) is 4.63. The number of ether oxygens (including phenoxy) is 3. The van der Waals surface area contributed by atoms with Gasteiger partial charge in [-0.1, -0.05) is 0 Å². The van der Waals surface area contributed by atoms with Gasteiger partial charge in [0.05, 0.1) is 17.8 Å². The van der Waals surface area contributed by atoms with E-state index in [4.69, 9.17) is 14.2 Å². The largest absolute Gasteiger partial charge is 0.490 e. The number of hydrogen-bond donors (Lipinski definition) is 0. The highest BCUT2D eigenvalue weighted by molar-refractivity contribution is 6.02. The summed E-state index contributed by atoms with van der Waals surface area (Å²) < 4.78 is 17.3.